The van der Waals surface area contributed by atoms with Crippen molar-refractivity contribution in [2.24, 2.45) is 0 Å². The molecule has 0 saturated carbocycles. The molecule has 0 unspecified atom stereocenters. The molecule has 0 amide bonds. The number of allylic oxidation sites excluding steroid dienone is 1. The first-order valence-corrected chi connectivity index (χ1v) is 8.39. The number of carbonyl (C=O) groups excluding carboxylic acids is 2. The number of hydrogen-bond acceptors (Lipinski definition) is 6. The highest BCUT2D eigenvalue weighted by Gasteiger charge is 2.37. The Morgan fingerprint density at radius 2 is 2.14 bits per heavy atom. The minimum Gasteiger partial charge on any atom is -0.465 e. The van der Waals surface area contributed by atoms with Crippen LogP contribution in [0.5, 0.6) is 0 Å². The summed E-state index contributed by atoms with van der Waals surface area (Å²) in [6.45, 7) is 0. The van der Waals surface area contributed by atoms with E-state index < -0.39 is 29.0 Å². The summed E-state index contributed by atoms with van der Waals surface area (Å²) >= 11 is 0. The number of fused-ring (bicyclic) bond motifs is 1. The number of anilines is 1. The zero-order valence-corrected chi connectivity index (χ0v) is 15.0. The zero-order valence-electron chi connectivity index (χ0n) is 15.0. The Balaban J connectivity index is 1.72. The predicted octanol–water partition coefficient (Wildman–Crippen LogP) is 3.28. The number of carbonyl (C=O) groups is 2. The van der Waals surface area contributed by atoms with E-state index in [2.05, 4.69) is 20.0 Å². The number of hydrogen-bond donors (Lipinski definition) is 2. The first-order valence-electron chi connectivity index (χ1n) is 8.39. The number of aromatic amines is 1. The Morgan fingerprint density at radius 1 is 1.31 bits per heavy atom. The maximum atomic E-state index is 14.0. The van der Waals surface area contributed by atoms with E-state index in [1.807, 2.05) is 0 Å². The molecule has 146 valence electrons. The molecular formula is C20H13F2N3O4. The summed E-state index contributed by atoms with van der Waals surface area (Å²) in [5, 5.41) is 3.25. The molecule has 0 bridgehead atoms. The van der Waals surface area contributed by atoms with E-state index in [1.54, 1.807) is 24.5 Å². The second-order valence-electron chi connectivity index (χ2n) is 6.03. The van der Waals surface area contributed by atoms with E-state index in [4.69, 9.17) is 4.74 Å². The van der Waals surface area contributed by atoms with E-state index in [0.717, 1.165) is 24.6 Å². The highest BCUT2D eigenvalue weighted by molar-refractivity contribution is 6.26. The second-order valence-corrected chi connectivity index (χ2v) is 6.03. The summed E-state index contributed by atoms with van der Waals surface area (Å²) in [6, 6.07) is 6.33. The summed E-state index contributed by atoms with van der Waals surface area (Å²) in [4.78, 5) is 32.0. The van der Waals surface area contributed by atoms with Gasteiger partial charge in [0.25, 0.3) is 0 Å². The van der Waals surface area contributed by atoms with Gasteiger partial charge in [0.15, 0.2) is 11.3 Å². The number of esters is 1. The highest BCUT2D eigenvalue weighted by atomic mass is 19.1. The van der Waals surface area contributed by atoms with Gasteiger partial charge in [-0.3, -0.25) is 4.79 Å². The third-order valence-electron chi connectivity index (χ3n) is 4.23. The number of nitrogens with zero attached hydrogens (tertiary/aromatic N) is 1. The van der Waals surface area contributed by atoms with Gasteiger partial charge in [0.05, 0.1) is 12.8 Å². The lowest BCUT2D eigenvalue weighted by Crippen LogP contribution is -2.14. The maximum Gasteiger partial charge on any atom is 0.347 e. The molecule has 0 fully saturated rings. The number of pyridine rings is 1. The average molecular weight is 397 g/mol. The van der Waals surface area contributed by atoms with Crippen molar-refractivity contribution < 1.29 is 27.8 Å². The van der Waals surface area contributed by atoms with Crippen molar-refractivity contribution in [3.8, 4) is 0 Å². The van der Waals surface area contributed by atoms with Gasteiger partial charge in [-0.2, -0.15) is 0 Å². The van der Waals surface area contributed by atoms with Gasteiger partial charge in [-0.15, -0.1) is 0 Å². The van der Waals surface area contributed by atoms with Crippen LogP contribution in [0.15, 0.2) is 59.9 Å². The number of ketones is 1. The molecule has 3 aromatic rings. The summed E-state index contributed by atoms with van der Waals surface area (Å²) in [6.07, 6.45) is 4.68. The molecular weight excluding hydrogens is 384 g/mol. The molecule has 29 heavy (non-hydrogen) atoms. The van der Waals surface area contributed by atoms with Gasteiger partial charge in [-0.25, -0.2) is 18.6 Å². The van der Waals surface area contributed by atoms with Crippen molar-refractivity contribution in [3.63, 3.8) is 0 Å². The van der Waals surface area contributed by atoms with Gasteiger partial charge >= 0.3 is 5.97 Å². The number of aromatic nitrogens is 2. The maximum absolute atomic E-state index is 14.0. The first-order chi connectivity index (χ1) is 14.0. The van der Waals surface area contributed by atoms with Crippen molar-refractivity contribution in [2.45, 2.75) is 0 Å². The lowest BCUT2D eigenvalue weighted by atomic mass is 10.1. The van der Waals surface area contributed by atoms with Gasteiger partial charge in [0.1, 0.15) is 17.3 Å². The van der Waals surface area contributed by atoms with E-state index in [9.17, 15) is 18.4 Å². The van der Waals surface area contributed by atoms with Crippen molar-refractivity contribution in [1.82, 2.24) is 9.97 Å². The van der Waals surface area contributed by atoms with Gasteiger partial charge in [-0.05, 0) is 30.3 Å². The van der Waals surface area contributed by atoms with E-state index in [0.29, 0.717) is 17.3 Å². The first kappa shape index (κ1) is 18.4. The van der Waals surface area contributed by atoms with Crippen LogP contribution in [0.2, 0.25) is 0 Å². The molecule has 1 aliphatic heterocycles. The molecule has 0 spiro atoms. The molecule has 4 rings (SSSR count). The van der Waals surface area contributed by atoms with Crippen LogP contribution in [0.25, 0.3) is 17.1 Å². The minimum atomic E-state index is -0.955. The quantitative estimate of drug-likeness (QED) is 0.399. The monoisotopic (exact) mass is 397 g/mol. The number of Topliss-reactive ketones (excluding diaryl/α,β-unsaturated/α-hetero) is 1. The Kier molecular flexibility index (Phi) is 4.55. The third-order valence-corrected chi connectivity index (χ3v) is 4.23. The molecule has 9 heteroatoms. The van der Waals surface area contributed by atoms with E-state index in [1.165, 1.54) is 6.08 Å². The number of halogens is 2. The fourth-order valence-electron chi connectivity index (χ4n) is 2.86. The van der Waals surface area contributed by atoms with Crippen LogP contribution in [0, 0.1) is 11.6 Å². The van der Waals surface area contributed by atoms with Crippen LogP contribution >= 0.6 is 0 Å². The predicted molar refractivity (Wildman–Crippen MR) is 99.2 cm³/mol. The fourth-order valence-corrected chi connectivity index (χ4v) is 2.86. The van der Waals surface area contributed by atoms with Crippen LogP contribution in [0.1, 0.15) is 5.56 Å². The lowest BCUT2D eigenvalue weighted by molar-refractivity contribution is -0.137. The topological polar surface area (TPSA) is 93.3 Å². The Bertz CT molecular complexity index is 1210. The molecule has 3 heterocycles. The number of benzene rings is 1. The molecule has 2 aromatic heterocycles. The van der Waals surface area contributed by atoms with Crippen LogP contribution in [-0.4, -0.2) is 28.8 Å². The molecule has 0 aliphatic carbocycles. The van der Waals surface area contributed by atoms with Crippen molar-refractivity contribution in [3.05, 3.63) is 77.1 Å². The van der Waals surface area contributed by atoms with Crippen molar-refractivity contribution in [2.75, 3.05) is 12.4 Å². The fraction of sp³-hybridized carbons (Fsp3) is 0.0500. The number of H-pyrrole nitrogens is 1. The largest absolute Gasteiger partial charge is 0.465 e. The molecule has 1 aliphatic rings. The number of rotatable bonds is 4. The molecule has 7 nitrogen and oxygen atoms in total. The zero-order chi connectivity index (χ0) is 20.5. The van der Waals surface area contributed by atoms with Gasteiger partial charge < -0.3 is 19.8 Å². The molecule has 0 radical (unpaired) electrons. The standard InChI is InChI=1S/C20H13F2N3O4/c1-28-20(27)16-17(26)15(7-10-9-24-18-12(10)3-2-6-23-18)29-19(16)25-14-5-4-11(21)8-13(14)22/h2-9,25H,1H3,(H,23,24)/b15-7-. The molecule has 0 atom stereocenters. The highest BCUT2D eigenvalue weighted by Crippen LogP contribution is 2.30. The van der Waals surface area contributed by atoms with Crippen LogP contribution < -0.4 is 5.32 Å². The third kappa shape index (κ3) is 3.33. The van der Waals surface area contributed by atoms with Crippen molar-refractivity contribution in [1.29, 1.82) is 0 Å². The van der Waals surface area contributed by atoms with Crippen LogP contribution in [0.4, 0.5) is 14.5 Å². The molecule has 2 N–H and O–H groups in total. The Morgan fingerprint density at radius 3 is 2.90 bits per heavy atom. The average Bonchev–Trinajstić information content (AvgIpc) is 3.25. The number of nitrogens with one attached hydrogen (secondary N) is 2. The summed E-state index contributed by atoms with van der Waals surface area (Å²) < 4.78 is 37.3. The SMILES string of the molecule is COC(=O)C1=C(Nc2ccc(F)cc2F)O/C(=C\c2c[nH]c3ncccc23)C1=O. The summed E-state index contributed by atoms with van der Waals surface area (Å²) in [5.74, 6) is -3.86. The number of ether oxygens (including phenoxy) is 2. The second kappa shape index (κ2) is 7.19. The lowest BCUT2D eigenvalue weighted by Gasteiger charge is -2.09. The smallest absolute Gasteiger partial charge is 0.347 e. The normalized spacial score (nSPS) is 15.1. The molecule has 1 aromatic carbocycles. The van der Waals surface area contributed by atoms with Crippen LogP contribution in [-0.2, 0) is 19.1 Å². The van der Waals surface area contributed by atoms with Crippen molar-refractivity contribution >= 4 is 34.5 Å². The van der Waals surface area contributed by atoms with E-state index >= 15 is 0 Å². The summed E-state index contributed by atoms with van der Waals surface area (Å²) in [7, 11) is 1.10. The van der Waals surface area contributed by atoms with Gasteiger partial charge in [0.2, 0.25) is 11.7 Å². The van der Waals surface area contributed by atoms with E-state index in [-0.39, 0.29) is 17.3 Å². The Hall–Kier alpha value is -4.01. The Labute approximate surface area is 162 Å². The molecule has 0 saturated heterocycles. The van der Waals surface area contributed by atoms with Crippen LogP contribution in [0.3, 0.4) is 0 Å². The summed E-state index contributed by atoms with van der Waals surface area (Å²) in [5.41, 5.74) is 0.612. The van der Waals surface area contributed by atoms with Gasteiger partial charge in [0, 0.05) is 29.4 Å². The van der Waals surface area contributed by atoms with Gasteiger partial charge in [-0.1, -0.05) is 0 Å². The number of methoxy groups -OCH3 is 1. The minimum absolute atomic E-state index is 0.167.